The van der Waals surface area contributed by atoms with Crippen molar-refractivity contribution in [3.05, 3.63) is 83.9 Å². The summed E-state index contributed by atoms with van der Waals surface area (Å²) in [7, 11) is 1.36. The Labute approximate surface area is 163 Å². The number of hydrogen-bond donors (Lipinski definition) is 0. The van der Waals surface area contributed by atoms with Crippen molar-refractivity contribution in [1.82, 2.24) is 4.90 Å². The predicted molar refractivity (Wildman–Crippen MR) is 102 cm³/mol. The van der Waals surface area contributed by atoms with Crippen molar-refractivity contribution in [3.63, 3.8) is 0 Å². The van der Waals surface area contributed by atoms with Crippen molar-refractivity contribution in [3.8, 4) is 0 Å². The monoisotopic (exact) mass is 375 g/mol. The van der Waals surface area contributed by atoms with Gasteiger partial charge in [-0.3, -0.25) is 9.59 Å². The number of rotatable bonds is 4. The second-order valence-corrected chi connectivity index (χ2v) is 7.61. The molecule has 1 amide bonds. The van der Waals surface area contributed by atoms with E-state index in [1.54, 1.807) is 0 Å². The number of hydrogen-bond acceptors (Lipinski definition) is 4. The summed E-state index contributed by atoms with van der Waals surface area (Å²) in [6, 6.07) is 19.7. The quantitative estimate of drug-likeness (QED) is 0.609. The maximum atomic E-state index is 13.6. The zero-order chi connectivity index (χ0) is 19.3. The number of nitrogens with zero attached hydrogens (tertiary/aromatic N) is 1. The lowest BCUT2D eigenvalue weighted by Gasteiger charge is -2.31. The molecular formula is C23H21NO4. The van der Waals surface area contributed by atoms with E-state index < -0.39 is 17.4 Å². The van der Waals surface area contributed by atoms with Crippen LogP contribution in [0.4, 0.5) is 0 Å². The molecule has 1 spiro atoms. The van der Waals surface area contributed by atoms with Crippen LogP contribution in [0.5, 0.6) is 0 Å². The third-order valence-electron chi connectivity index (χ3n) is 6.15. The van der Waals surface area contributed by atoms with Crippen LogP contribution in [0.3, 0.4) is 0 Å². The molecule has 5 nitrogen and oxygen atoms in total. The summed E-state index contributed by atoms with van der Waals surface area (Å²) >= 11 is 0. The van der Waals surface area contributed by atoms with Crippen molar-refractivity contribution in [2.24, 2.45) is 11.8 Å². The van der Waals surface area contributed by atoms with Gasteiger partial charge in [0.25, 0.3) is 0 Å². The van der Waals surface area contributed by atoms with Gasteiger partial charge in [-0.15, -0.1) is 0 Å². The molecule has 2 saturated heterocycles. The maximum Gasteiger partial charge on any atom is 0.312 e. The molecule has 0 radical (unpaired) electrons. The maximum absolute atomic E-state index is 13.6. The van der Waals surface area contributed by atoms with Gasteiger partial charge in [-0.1, -0.05) is 72.8 Å². The molecule has 5 heteroatoms. The topological polar surface area (TPSA) is 55.8 Å². The van der Waals surface area contributed by atoms with Gasteiger partial charge in [0.05, 0.1) is 31.7 Å². The highest BCUT2D eigenvalue weighted by Crippen LogP contribution is 2.54. The fourth-order valence-electron chi connectivity index (χ4n) is 4.97. The van der Waals surface area contributed by atoms with Crippen LogP contribution in [-0.4, -0.2) is 42.1 Å². The van der Waals surface area contributed by atoms with Crippen LogP contribution in [0.1, 0.15) is 17.2 Å². The van der Waals surface area contributed by atoms with Crippen molar-refractivity contribution >= 4 is 11.9 Å². The number of benzene rings is 2. The molecule has 142 valence electrons. The molecule has 2 aromatic carbocycles. The summed E-state index contributed by atoms with van der Waals surface area (Å²) in [4.78, 5) is 27.9. The lowest BCUT2D eigenvalue weighted by molar-refractivity contribution is -0.151. The summed E-state index contributed by atoms with van der Waals surface area (Å²) in [5.74, 6) is -1.56. The standard InChI is InChI=1S/C23H21NO4/c1-27-22(26)18-17-12-13-23(28-17)14-24(21(25)19(18)23)20(15-8-4-2-5-9-15)16-10-6-3-7-11-16/h2-13,17-20H,14H2,1H3/t17-,18-,19+,23-/m0/s1. The second kappa shape index (κ2) is 6.31. The van der Waals surface area contributed by atoms with E-state index in [1.807, 2.05) is 77.7 Å². The summed E-state index contributed by atoms with van der Waals surface area (Å²) in [6.45, 7) is 0.422. The number of carbonyl (C=O) groups is 2. The first-order valence-electron chi connectivity index (χ1n) is 9.50. The first kappa shape index (κ1) is 17.2. The van der Waals surface area contributed by atoms with E-state index in [0.29, 0.717) is 6.54 Å². The molecule has 4 atom stereocenters. The minimum absolute atomic E-state index is 0.0556. The average Bonchev–Trinajstić information content (AvgIpc) is 3.38. The third kappa shape index (κ3) is 2.36. The van der Waals surface area contributed by atoms with E-state index in [2.05, 4.69) is 0 Å². The van der Waals surface area contributed by atoms with Crippen molar-refractivity contribution in [1.29, 1.82) is 0 Å². The van der Waals surface area contributed by atoms with Crippen LogP contribution in [0.25, 0.3) is 0 Å². The smallest absolute Gasteiger partial charge is 0.312 e. The van der Waals surface area contributed by atoms with Gasteiger partial charge in [0.2, 0.25) is 5.91 Å². The van der Waals surface area contributed by atoms with Crippen molar-refractivity contribution in [2.75, 3.05) is 13.7 Å². The predicted octanol–water partition coefficient (Wildman–Crippen LogP) is 2.73. The van der Waals surface area contributed by atoms with Gasteiger partial charge in [-0.05, 0) is 11.1 Å². The molecule has 0 aromatic heterocycles. The van der Waals surface area contributed by atoms with Crippen molar-refractivity contribution in [2.45, 2.75) is 17.7 Å². The molecule has 5 rings (SSSR count). The van der Waals surface area contributed by atoms with Gasteiger partial charge in [-0.2, -0.15) is 0 Å². The molecule has 0 saturated carbocycles. The number of methoxy groups -OCH3 is 1. The van der Waals surface area contributed by atoms with E-state index in [4.69, 9.17) is 9.47 Å². The molecule has 2 fully saturated rings. The Morgan fingerprint density at radius 1 is 1.11 bits per heavy atom. The van der Waals surface area contributed by atoms with Gasteiger partial charge in [0.1, 0.15) is 11.5 Å². The molecule has 2 bridgehead atoms. The highest BCUT2D eigenvalue weighted by molar-refractivity contribution is 5.91. The Morgan fingerprint density at radius 3 is 2.29 bits per heavy atom. The first-order chi connectivity index (χ1) is 13.6. The van der Waals surface area contributed by atoms with Crippen molar-refractivity contribution < 1.29 is 19.1 Å². The Balaban J connectivity index is 1.58. The highest BCUT2D eigenvalue weighted by atomic mass is 16.5. The number of ether oxygens (including phenoxy) is 2. The fraction of sp³-hybridized carbons (Fsp3) is 0.304. The molecular weight excluding hydrogens is 354 g/mol. The summed E-state index contributed by atoms with van der Waals surface area (Å²) in [5.41, 5.74) is 1.32. The summed E-state index contributed by atoms with van der Waals surface area (Å²) < 4.78 is 11.1. The van der Waals surface area contributed by atoms with E-state index >= 15 is 0 Å². The fourth-order valence-corrected chi connectivity index (χ4v) is 4.97. The number of esters is 1. The largest absolute Gasteiger partial charge is 0.469 e. The molecule has 3 aliphatic rings. The van der Waals surface area contributed by atoms with Crippen LogP contribution in [0.15, 0.2) is 72.8 Å². The SMILES string of the molecule is COC(=O)[C@H]1[C@@H]2C=C[C@@]3(CN(C(c4ccccc4)c4ccccc4)C(=O)[C@@H]13)O2. The first-order valence-corrected chi connectivity index (χ1v) is 9.50. The number of fused-ring (bicyclic) bond motifs is 1. The van der Waals surface area contributed by atoms with Crippen LogP contribution in [0.2, 0.25) is 0 Å². The lowest BCUT2D eigenvalue weighted by Crippen LogP contribution is -2.40. The molecule has 3 heterocycles. The van der Waals surface area contributed by atoms with Crippen LogP contribution in [-0.2, 0) is 19.1 Å². The molecule has 0 aliphatic carbocycles. The Morgan fingerprint density at radius 2 is 1.71 bits per heavy atom. The Kier molecular flexibility index (Phi) is 3.88. The second-order valence-electron chi connectivity index (χ2n) is 7.61. The average molecular weight is 375 g/mol. The Hall–Kier alpha value is -2.92. The van der Waals surface area contributed by atoms with Crippen LogP contribution >= 0.6 is 0 Å². The summed E-state index contributed by atoms with van der Waals surface area (Å²) in [5, 5.41) is 0. The normalized spacial score (nSPS) is 30.1. The van der Waals surface area contributed by atoms with Gasteiger partial charge in [0, 0.05) is 0 Å². The van der Waals surface area contributed by atoms with E-state index in [-0.39, 0.29) is 24.0 Å². The molecule has 3 aliphatic heterocycles. The molecule has 0 N–H and O–H groups in total. The molecule has 0 unspecified atom stereocenters. The van der Waals surface area contributed by atoms with E-state index in [9.17, 15) is 9.59 Å². The Bertz CT molecular complexity index is 902. The number of carbonyl (C=O) groups excluding carboxylic acids is 2. The van der Waals surface area contributed by atoms with Gasteiger partial charge >= 0.3 is 5.97 Å². The third-order valence-corrected chi connectivity index (χ3v) is 6.15. The zero-order valence-corrected chi connectivity index (χ0v) is 15.5. The highest BCUT2D eigenvalue weighted by Gasteiger charge is 2.68. The number of amides is 1. The number of likely N-dealkylation sites (tertiary alicyclic amines) is 1. The minimum atomic E-state index is -0.748. The van der Waals surface area contributed by atoms with E-state index in [0.717, 1.165) is 11.1 Å². The summed E-state index contributed by atoms with van der Waals surface area (Å²) in [6.07, 6.45) is 3.48. The van der Waals surface area contributed by atoms with E-state index in [1.165, 1.54) is 7.11 Å². The van der Waals surface area contributed by atoms with Gasteiger partial charge < -0.3 is 14.4 Å². The van der Waals surface area contributed by atoms with Crippen LogP contribution in [0, 0.1) is 11.8 Å². The molecule has 28 heavy (non-hydrogen) atoms. The van der Waals surface area contributed by atoms with Gasteiger partial charge in [-0.25, -0.2) is 0 Å². The minimum Gasteiger partial charge on any atom is -0.469 e. The lowest BCUT2D eigenvalue weighted by atomic mass is 9.77. The van der Waals surface area contributed by atoms with Gasteiger partial charge in [0.15, 0.2) is 0 Å². The van der Waals surface area contributed by atoms with Crippen LogP contribution < -0.4 is 0 Å². The zero-order valence-electron chi connectivity index (χ0n) is 15.5. The molecule has 2 aromatic rings.